The van der Waals surface area contributed by atoms with E-state index in [0.29, 0.717) is 0 Å². The van der Waals surface area contributed by atoms with Crippen molar-refractivity contribution in [3.63, 3.8) is 0 Å². The van der Waals surface area contributed by atoms with Gasteiger partial charge in [-0.05, 0) is 17.5 Å². The summed E-state index contributed by atoms with van der Waals surface area (Å²) in [7, 11) is 0. The van der Waals surface area contributed by atoms with Gasteiger partial charge in [-0.1, -0.05) is 38.5 Å². The third-order valence-electron chi connectivity index (χ3n) is 2.88. The minimum atomic E-state index is -4.33. The van der Waals surface area contributed by atoms with Crippen molar-refractivity contribution >= 4 is 12.4 Å². The Balaban J connectivity index is 0.00000256. The molecule has 0 aliphatic carbocycles. The van der Waals surface area contributed by atoms with E-state index in [9.17, 15) is 13.2 Å². The maximum Gasteiger partial charge on any atom is 0.416 e. The Bertz CT molecular complexity index is 352. The molecule has 0 radical (unpaired) electrons. The van der Waals surface area contributed by atoms with Crippen molar-refractivity contribution in [1.82, 2.24) is 0 Å². The first-order chi connectivity index (χ1) is 7.38. The number of halogens is 4. The molecule has 1 nitrogen and oxygen atoms in total. The predicted molar refractivity (Wildman–Crippen MR) is 65.1 cm³/mol. The van der Waals surface area contributed by atoms with E-state index in [4.69, 9.17) is 5.73 Å². The van der Waals surface area contributed by atoms with Crippen molar-refractivity contribution in [3.8, 4) is 0 Å². The van der Waals surface area contributed by atoms with Crippen LogP contribution in [0.4, 0.5) is 13.2 Å². The van der Waals surface area contributed by atoms with Gasteiger partial charge in [-0.25, -0.2) is 0 Å². The van der Waals surface area contributed by atoms with Crippen molar-refractivity contribution in [3.05, 3.63) is 35.4 Å². The van der Waals surface area contributed by atoms with Crippen LogP contribution in [0.1, 0.15) is 37.4 Å². The Hall–Kier alpha value is -0.740. The fourth-order valence-corrected chi connectivity index (χ4v) is 1.61. The number of rotatable bonds is 3. The van der Waals surface area contributed by atoms with Crippen LogP contribution in [0.3, 0.4) is 0 Å². The summed E-state index contributed by atoms with van der Waals surface area (Å²) in [5.41, 5.74) is 5.41. The van der Waals surface area contributed by atoms with Crippen LogP contribution in [-0.4, -0.2) is 0 Å². The van der Waals surface area contributed by atoms with Gasteiger partial charge in [0.25, 0.3) is 0 Å². The molecule has 0 aromatic heterocycles. The largest absolute Gasteiger partial charge is 0.416 e. The maximum atomic E-state index is 12.7. The van der Waals surface area contributed by atoms with Crippen molar-refractivity contribution < 1.29 is 13.2 Å². The lowest BCUT2D eigenvalue weighted by atomic mass is 9.90. The minimum absolute atomic E-state index is 0. The molecule has 5 heteroatoms. The molecule has 0 fully saturated rings. The topological polar surface area (TPSA) is 26.0 Å². The highest BCUT2D eigenvalue weighted by atomic mass is 35.5. The average molecular weight is 268 g/mol. The van der Waals surface area contributed by atoms with Gasteiger partial charge in [0.1, 0.15) is 0 Å². The first-order valence-electron chi connectivity index (χ1n) is 5.29. The smallest absolute Gasteiger partial charge is 0.324 e. The first-order valence-corrected chi connectivity index (χ1v) is 5.29. The summed E-state index contributed by atoms with van der Waals surface area (Å²) < 4.78 is 38.2. The number of benzene rings is 1. The first kappa shape index (κ1) is 16.3. The molecule has 0 bridgehead atoms. The van der Waals surface area contributed by atoms with E-state index in [2.05, 4.69) is 0 Å². The van der Waals surface area contributed by atoms with Crippen LogP contribution in [0.5, 0.6) is 0 Å². The van der Waals surface area contributed by atoms with E-state index in [1.54, 1.807) is 6.07 Å². The van der Waals surface area contributed by atoms with E-state index in [0.717, 1.165) is 12.5 Å². The van der Waals surface area contributed by atoms with Crippen LogP contribution in [0.25, 0.3) is 0 Å². The molecule has 0 amide bonds. The zero-order valence-electron chi connectivity index (χ0n) is 9.79. The summed E-state index contributed by atoms with van der Waals surface area (Å²) in [5, 5.41) is 0. The molecule has 0 spiro atoms. The lowest BCUT2D eigenvalue weighted by molar-refractivity contribution is -0.138. The van der Waals surface area contributed by atoms with Gasteiger partial charge in [0.15, 0.2) is 0 Å². The molecule has 0 aliphatic heterocycles. The Morgan fingerprint density at radius 2 is 1.76 bits per heavy atom. The minimum Gasteiger partial charge on any atom is -0.324 e. The highest BCUT2D eigenvalue weighted by molar-refractivity contribution is 5.85. The molecule has 1 aromatic carbocycles. The quantitative estimate of drug-likeness (QED) is 0.874. The molecule has 98 valence electrons. The Morgan fingerprint density at radius 1 is 1.24 bits per heavy atom. The van der Waals surface area contributed by atoms with Crippen LogP contribution in [0, 0.1) is 5.92 Å². The standard InChI is InChI=1S/C12H16F3N.ClH/c1-3-8(2)11(16)9-6-4-5-7-10(9)12(13,14)15;/h4-8,11H,3,16H2,1-2H3;1H/t8?,11-;/m1./s1. The normalized spacial score (nSPS) is 14.9. The third kappa shape index (κ3) is 3.89. The van der Waals surface area contributed by atoms with Gasteiger partial charge in [-0.15, -0.1) is 12.4 Å². The number of hydrogen-bond acceptors (Lipinski definition) is 1. The summed E-state index contributed by atoms with van der Waals surface area (Å²) in [6, 6.07) is 4.95. The number of nitrogens with two attached hydrogens (primary N) is 1. The van der Waals surface area contributed by atoms with E-state index < -0.39 is 17.8 Å². The van der Waals surface area contributed by atoms with Gasteiger partial charge in [-0.2, -0.15) is 13.2 Å². The average Bonchev–Trinajstić information content (AvgIpc) is 2.26. The second kappa shape index (κ2) is 6.26. The summed E-state index contributed by atoms with van der Waals surface area (Å²) in [6.07, 6.45) is -3.57. The molecule has 2 N–H and O–H groups in total. The van der Waals surface area contributed by atoms with E-state index in [-0.39, 0.29) is 23.9 Å². The van der Waals surface area contributed by atoms with Gasteiger partial charge in [0.2, 0.25) is 0 Å². The fraction of sp³-hybridized carbons (Fsp3) is 0.500. The van der Waals surface area contributed by atoms with Crippen LogP contribution in [0.2, 0.25) is 0 Å². The summed E-state index contributed by atoms with van der Waals surface area (Å²) in [5.74, 6) is 0.0310. The van der Waals surface area contributed by atoms with Crippen molar-refractivity contribution in [2.24, 2.45) is 11.7 Å². The van der Waals surface area contributed by atoms with Gasteiger partial charge < -0.3 is 5.73 Å². The molecular weight excluding hydrogens is 251 g/mol. The van der Waals surface area contributed by atoms with Gasteiger partial charge in [0, 0.05) is 6.04 Å². The molecular formula is C12H17ClF3N. The Labute approximate surface area is 106 Å². The highest BCUT2D eigenvalue weighted by Crippen LogP contribution is 2.36. The molecule has 1 aromatic rings. The second-order valence-electron chi connectivity index (χ2n) is 4.00. The van der Waals surface area contributed by atoms with Crippen molar-refractivity contribution in [2.45, 2.75) is 32.5 Å². The Kier molecular flexibility index (Phi) is 5.99. The fourth-order valence-electron chi connectivity index (χ4n) is 1.61. The molecule has 0 saturated carbocycles. The van der Waals surface area contributed by atoms with Crippen molar-refractivity contribution in [1.29, 1.82) is 0 Å². The molecule has 0 saturated heterocycles. The maximum absolute atomic E-state index is 12.7. The van der Waals surface area contributed by atoms with Crippen molar-refractivity contribution in [2.75, 3.05) is 0 Å². The lowest BCUT2D eigenvalue weighted by Gasteiger charge is -2.22. The summed E-state index contributed by atoms with van der Waals surface area (Å²) in [4.78, 5) is 0. The molecule has 0 aliphatic rings. The molecule has 2 atom stereocenters. The third-order valence-corrected chi connectivity index (χ3v) is 2.88. The van der Waals surface area contributed by atoms with Gasteiger partial charge >= 0.3 is 6.18 Å². The van der Waals surface area contributed by atoms with Gasteiger partial charge in [-0.3, -0.25) is 0 Å². The van der Waals surface area contributed by atoms with E-state index in [1.807, 2.05) is 13.8 Å². The second-order valence-corrected chi connectivity index (χ2v) is 4.00. The summed E-state index contributed by atoms with van der Waals surface area (Å²) >= 11 is 0. The highest BCUT2D eigenvalue weighted by Gasteiger charge is 2.34. The number of hydrogen-bond donors (Lipinski definition) is 1. The lowest BCUT2D eigenvalue weighted by Crippen LogP contribution is -2.22. The predicted octanol–water partition coefficient (Wildman–Crippen LogP) is 4.17. The Morgan fingerprint density at radius 3 is 2.24 bits per heavy atom. The van der Waals surface area contributed by atoms with E-state index in [1.165, 1.54) is 12.1 Å². The van der Waals surface area contributed by atoms with Crippen LogP contribution < -0.4 is 5.73 Å². The molecule has 1 rings (SSSR count). The van der Waals surface area contributed by atoms with Crippen LogP contribution in [0.15, 0.2) is 24.3 Å². The summed E-state index contributed by atoms with van der Waals surface area (Å²) in [6.45, 7) is 3.78. The molecule has 0 heterocycles. The van der Waals surface area contributed by atoms with Crippen LogP contribution >= 0.6 is 12.4 Å². The molecule has 17 heavy (non-hydrogen) atoms. The zero-order chi connectivity index (χ0) is 12.3. The van der Waals surface area contributed by atoms with Gasteiger partial charge in [0.05, 0.1) is 5.56 Å². The monoisotopic (exact) mass is 267 g/mol. The SMILES string of the molecule is CCC(C)[C@@H](N)c1ccccc1C(F)(F)F.Cl. The number of alkyl halides is 3. The van der Waals surface area contributed by atoms with Crippen LogP contribution in [-0.2, 0) is 6.18 Å². The molecule has 1 unspecified atom stereocenters. The zero-order valence-corrected chi connectivity index (χ0v) is 10.6. The van der Waals surface area contributed by atoms with E-state index >= 15 is 0 Å².